The average Bonchev–Trinajstić information content (AvgIpc) is 2.21. The highest BCUT2D eigenvalue weighted by molar-refractivity contribution is 7.99. The maximum atomic E-state index is 11.5. The molecule has 0 aromatic carbocycles. The van der Waals surface area contributed by atoms with Gasteiger partial charge in [0, 0.05) is 5.54 Å². The van der Waals surface area contributed by atoms with Crippen molar-refractivity contribution in [2.75, 3.05) is 18.1 Å². The third-order valence-corrected chi connectivity index (χ3v) is 2.90. The molecule has 6 heteroatoms. The third kappa shape index (κ3) is 9.30. The van der Waals surface area contributed by atoms with Gasteiger partial charge in [-0.1, -0.05) is 0 Å². The fourth-order valence-electron chi connectivity index (χ4n) is 1.20. The van der Waals surface area contributed by atoms with Crippen LogP contribution in [0.3, 0.4) is 0 Å². The van der Waals surface area contributed by atoms with Crippen LogP contribution in [0.25, 0.3) is 0 Å². The lowest BCUT2D eigenvalue weighted by molar-refractivity contribution is -0.144. The molecule has 0 aliphatic rings. The second-order valence-corrected chi connectivity index (χ2v) is 6.10. The van der Waals surface area contributed by atoms with Crippen LogP contribution in [0.15, 0.2) is 0 Å². The Morgan fingerprint density at radius 2 is 2.00 bits per heavy atom. The van der Waals surface area contributed by atoms with Crippen molar-refractivity contribution in [1.82, 2.24) is 5.32 Å². The number of thioether (sulfide) groups is 1. The number of hydrogen-bond donors (Lipinski definition) is 2. The van der Waals surface area contributed by atoms with E-state index in [0.29, 0.717) is 24.5 Å². The quantitative estimate of drug-likeness (QED) is 0.534. The molecular weight excluding hydrogens is 252 g/mol. The first-order valence-corrected chi connectivity index (χ1v) is 7.22. The summed E-state index contributed by atoms with van der Waals surface area (Å²) in [6.07, 6.45) is 0.520. The standard InChI is InChI=1S/C12H24N2O3S/c1-5-17-11(16)9(13)6-7-18-8-10(15)14-12(2,3)4/h9H,5-8,13H2,1-4H3,(H,14,15). The van der Waals surface area contributed by atoms with E-state index in [2.05, 4.69) is 5.32 Å². The monoisotopic (exact) mass is 276 g/mol. The Bertz CT molecular complexity index is 277. The fourth-order valence-corrected chi connectivity index (χ4v) is 2.02. The molecule has 0 fully saturated rings. The molecule has 0 aliphatic carbocycles. The molecule has 0 aromatic heterocycles. The molecule has 0 aliphatic heterocycles. The van der Waals surface area contributed by atoms with E-state index in [-0.39, 0.29) is 17.4 Å². The molecule has 0 radical (unpaired) electrons. The molecule has 0 saturated carbocycles. The van der Waals surface area contributed by atoms with Crippen molar-refractivity contribution < 1.29 is 14.3 Å². The van der Waals surface area contributed by atoms with Crippen LogP contribution in [0, 0.1) is 0 Å². The van der Waals surface area contributed by atoms with Crippen molar-refractivity contribution in [2.24, 2.45) is 5.73 Å². The van der Waals surface area contributed by atoms with Crippen LogP contribution in [-0.2, 0) is 14.3 Å². The molecule has 0 saturated heterocycles. The molecule has 18 heavy (non-hydrogen) atoms. The number of amides is 1. The van der Waals surface area contributed by atoms with Gasteiger partial charge in [0.25, 0.3) is 0 Å². The molecule has 1 atom stereocenters. The predicted octanol–water partition coefficient (Wildman–Crippen LogP) is 0.915. The number of rotatable bonds is 7. The van der Waals surface area contributed by atoms with Gasteiger partial charge in [0.1, 0.15) is 6.04 Å². The first-order chi connectivity index (χ1) is 8.26. The van der Waals surface area contributed by atoms with E-state index in [1.165, 1.54) is 11.8 Å². The van der Waals surface area contributed by atoms with Gasteiger partial charge in [0.15, 0.2) is 0 Å². The van der Waals surface area contributed by atoms with Crippen LogP contribution < -0.4 is 11.1 Å². The summed E-state index contributed by atoms with van der Waals surface area (Å²) in [7, 11) is 0. The number of nitrogens with two attached hydrogens (primary N) is 1. The smallest absolute Gasteiger partial charge is 0.322 e. The molecule has 106 valence electrons. The van der Waals surface area contributed by atoms with Gasteiger partial charge >= 0.3 is 5.97 Å². The molecule has 5 nitrogen and oxygen atoms in total. The van der Waals surface area contributed by atoms with Crippen molar-refractivity contribution in [1.29, 1.82) is 0 Å². The molecule has 0 spiro atoms. The molecule has 0 aromatic rings. The van der Waals surface area contributed by atoms with Crippen LogP contribution in [0.2, 0.25) is 0 Å². The van der Waals surface area contributed by atoms with Crippen LogP contribution in [-0.4, -0.2) is 41.6 Å². The largest absolute Gasteiger partial charge is 0.465 e. The zero-order valence-electron chi connectivity index (χ0n) is 11.6. The SMILES string of the molecule is CCOC(=O)C(N)CCSCC(=O)NC(C)(C)C. The van der Waals surface area contributed by atoms with Crippen molar-refractivity contribution in [3.8, 4) is 0 Å². The summed E-state index contributed by atoms with van der Waals surface area (Å²) in [4.78, 5) is 22.7. The second kappa shape index (κ2) is 8.37. The van der Waals surface area contributed by atoms with Crippen molar-refractivity contribution in [3.63, 3.8) is 0 Å². The Labute approximate surface area is 113 Å². The van der Waals surface area contributed by atoms with Gasteiger partial charge in [-0.2, -0.15) is 11.8 Å². The summed E-state index contributed by atoms with van der Waals surface area (Å²) in [5, 5.41) is 2.87. The minimum absolute atomic E-state index is 0.00259. The van der Waals surface area contributed by atoms with Gasteiger partial charge in [0.2, 0.25) is 5.91 Å². The van der Waals surface area contributed by atoms with Gasteiger partial charge < -0.3 is 15.8 Å². The van der Waals surface area contributed by atoms with E-state index < -0.39 is 6.04 Å². The first-order valence-electron chi connectivity index (χ1n) is 6.07. The summed E-state index contributed by atoms with van der Waals surface area (Å²) in [5.74, 6) is 0.666. The minimum atomic E-state index is -0.594. The fraction of sp³-hybridized carbons (Fsp3) is 0.833. The zero-order valence-corrected chi connectivity index (χ0v) is 12.4. The van der Waals surface area contributed by atoms with Gasteiger partial charge in [-0.05, 0) is 39.9 Å². The van der Waals surface area contributed by atoms with E-state index in [1.54, 1.807) is 6.92 Å². The van der Waals surface area contributed by atoms with E-state index in [9.17, 15) is 9.59 Å². The third-order valence-electron chi connectivity index (χ3n) is 1.91. The van der Waals surface area contributed by atoms with Gasteiger partial charge in [-0.3, -0.25) is 9.59 Å². The molecule has 1 unspecified atom stereocenters. The number of carbonyl (C=O) groups is 2. The van der Waals surface area contributed by atoms with Crippen molar-refractivity contribution in [2.45, 2.75) is 45.7 Å². The second-order valence-electron chi connectivity index (χ2n) is 5.00. The summed E-state index contributed by atoms with van der Waals surface area (Å²) < 4.78 is 4.80. The zero-order chi connectivity index (χ0) is 14.2. The lowest BCUT2D eigenvalue weighted by atomic mass is 10.1. The molecule has 3 N–H and O–H groups in total. The topological polar surface area (TPSA) is 81.4 Å². The highest BCUT2D eigenvalue weighted by atomic mass is 32.2. The van der Waals surface area contributed by atoms with Gasteiger partial charge in [-0.15, -0.1) is 0 Å². The van der Waals surface area contributed by atoms with E-state index in [0.717, 1.165) is 0 Å². The Morgan fingerprint density at radius 3 is 2.50 bits per heavy atom. The summed E-state index contributed by atoms with van der Waals surface area (Å²) in [5.41, 5.74) is 5.42. The normalized spacial score (nSPS) is 12.9. The van der Waals surface area contributed by atoms with Gasteiger partial charge in [-0.25, -0.2) is 0 Å². The maximum Gasteiger partial charge on any atom is 0.322 e. The van der Waals surface area contributed by atoms with Crippen LogP contribution >= 0.6 is 11.8 Å². The average molecular weight is 276 g/mol. The lowest BCUT2D eigenvalue weighted by Crippen LogP contribution is -2.41. The Balaban J connectivity index is 3.67. The number of carbonyl (C=O) groups excluding carboxylic acids is 2. The summed E-state index contributed by atoms with van der Waals surface area (Å²) in [6, 6.07) is -0.594. The van der Waals surface area contributed by atoms with Crippen molar-refractivity contribution >= 4 is 23.6 Å². The van der Waals surface area contributed by atoms with Gasteiger partial charge in [0.05, 0.1) is 12.4 Å². The predicted molar refractivity (Wildman–Crippen MR) is 74.4 cm³/mol. The Morgan fingerprint density at radius 1 is 1.39 bits per heavy atom. The summed E-state index contributed by atoms with van der Waals surface area (Å²) >= 11 is 1.47. The van der Waals surface area contributed by atoms with E-state index in [1.807, 2.05) is 20.8 Å². The Kier molecular flexibility index (Phi) is 8.02. The number of hydrogen-bond acceptors (Lipinski definition) is 5. The van der Waals surface area contributed by atoms with Crippen LogP contribution in [0.4, 0.5) is 0 Å². The van der Waals surface area contributed by atoms with E-state index in [4.69, 9.17) is 10.5 Å². The lowest BCUT2D eigenvalue weighted by Gasteiger charge is -2.20. The molecule has 0 rings (SSSR count). The maximum absolute atomic E-state index is 11.5. The number of esters is 1. The van der Waals surface area contributed by atoms with Crippen molar-refractivity contribution in [3.05, 3.63) is 0 Å². The first kappa shape index (κ1) is 17.2. The molecule has 0 bridgehead atoms. The molecule has 1 amide bonds. The van der Waals surface area contributed by atoms with E-state index >= 15 is 0 Å². The highest BCUT2D eigenvalue weighted by Crippen LogP contribution is 2.06. The Hall–Kier alpha value is -0.750. The number of nitrogens with one attached hydrogen (secondary N) is 1. The highest BCUT2D eigenvalue weighted by Gasteiger charge is 2.15. The van der Waals surface area contributed by atoms with Crippen LogP contribution in [0.5, 0.6) is 0 Å². The molecular formula is C12H24N2O3S. The minimum Gasteiger partial charge on any atom is -0.465 e. The van der Waals surface area contributed by atoms with Crippen LogP contribution in [0.1, 0.15) is 34.1 Å². The molecule has 0 heterocycles. The summed E-state index contributed by atoms with van der Waals surface area (Å²) in [6.45, 7) is 7.90. The number of ether oxygens (including phenoxy) is 1.